The second kappa shape index (κ2) is 5.44. The highest BCUT2D eigenvalue weighted by atomic mass is 19.1. The molecule has 0 aromatic heterocycles. The van der Waals surface area contributed by atoms with Gasteiger partial charge in [-0.1, -0.05) is 24.3 Å². The zero-order chi connectivity index (χ0) is 14.8. The van der Waals surface area contributed by atoms with Gasteiger partial charge in [0.2, 0.25) is 0 Å². The van der Waals surface area contributed by atoms with E-state index in [1.165, 1.54) is 12.1 Å². The maximum absolute atomic E-state index is 13.7. The maximum Gasteiger partial charge on any atom is 0.258 e. The van der Waals surface area contributed by atoms with Crippen molar-refractivity contribution in [3.63, 3.8) is 0 Å². The lowest BCUT2D eigenvalue weighted by Crippen LogP contribution is -2.43. The molecule has 4 nitrogen and oxygen atoms in total. The number of carbonyl (C=O) groups is 1. The number of para-hydroxylation sites is 1. The fourth-order valence-corrected chi connectivity index (χ4v) is 2.54. The molecule has 0 radical (unpaired) electrons. The smallest absolute Gasteiger partial charge is 0.258 e. The Morgan fingerprint density at radius 3 is 2.86 bits per heavy atom. The summed E-state index contributed by atoms with van der Waals surface area (Å²) in [4.78, 5) is 12.1. The van der Waals surface area contributed by atoms with Crippen molar-refractivity contribution in [2.75, 3.05) is 11.9 Å². The van der Waals surface area contributed by atoms with Crippen LogP contribution in [-0.4, -0.2) is 23.6 Å². The second-order valence-corrected chi connectivity index (χ2v) is 5.05. The summed E-state index contributed by atoms with van der Waals surface area (Å²) >= 11 is 0. The number of hydrogen-bond donors (Lipinski definition) is 3. The van der Waals surface area contributed by atoms with E-state index in [1.807, 2.05) is 24.3 Å². The van der Waals surface area contributed by atoms with Gasteiger partial charge in [0.15, 0.2) is 0 Å². The lowest BCUT2D eigenvalue weighted by molar-refractivity contribution is 0.0931. The lowest BCUT2D eigenvalue weighted by atomic mass is 9.99. The Morgan fingerprint density at radius 2 is 2.05 bits per heavy atom. The van der Waals surface area contributed by atoms with E-state index < -0.39 is 11.7 Å². The number of fused-ring (bicyclic) bond motifs is 1. The fraction of sp³-hybridized carbons (Fsp3) is 0.188. The fourth-order valence-electron chi connectivity index (χ4n) is 2.54. The molecule has 2 aromatic rings. The van der Waals surface area contributed by atoms with Crippen molar-refractivity contribution in [2.45, 2.75) is 12.5 Å². The van der Waals surface area contributed by atoms with Crippen LogP contribution in [0.1, 0.15) is 15.9 Å². The standard InChI is InChI=1S/C16H15FN2O2/c17-12-5-3-7-14(20)15(12)16(21)19-11-8-10-4-1-2-6-13(10)18-9-11/h1-7,11,18,20H,8-9H2,(H,19,21). The van der Waals surface area contributed by atoms with E-state index in [0.717, 1.165) is 17.3 Å². The molecule has 0 bridgehead atoms. The highest BCUT2D eigenvalue weighted by Gasteiger charge is 2.23. The largest absolute Gasteiger partial charge is 0.507 e. The van der Waals surface area contributed by atoms with E-state index in [0.29, 0.717) is 13.0 Å². The Labute approximate surface area is 121 Å². The summed E-state index contributed by atoms with van der Waals surface area (Å²) in [6, 6.07) is 11.5. The van der Waals surface area contributed by atoms with Crippen LogP contribution in [0.5, 0.6) is 5.75 Å². The molecule has 1 unspecified atom stereocenters. The van der Waals surface area contributed by atoms with Gasteiger partial charge in [0.05, 0.1) is 6.04 Å². The van der Waals surface area contributed by atoms with Gasteiger partial charge in [0.25, 0.3) is 5.91 Å². The van der Waals surface area contributed by atoms with Crippen LogP contribution in [0.4, 0.5) is 10.1 Å². The molecule has 0 spiro atoms. The van der Waals surface area contributed by atoms with E-state index in [9.17, 15) is 14.3 Å². The van der Waals surface area contributed by atoms with E-state index in [2.05, 4.69) is 10.6 Å². The monoisotopic (exact) mass is 286 g/mol. The summed E-state index contributed by atoms with van der Waals surface area (Å²) in [6.07, 6.45) is 0.671. The number of anilines is 1. The van der Waals surface area contributed by atoms with Crippen molar-refractivity contribution < 1.29 is 14.3 Å². The molecule has 1 aliphatic rings. The summed E-state index contributed by atoms with van der Waals surface area (Å²) in [5.74, 6) is -1.68. The molecule has 1 aliphatic heterocycles. The molecular formula is C16H15FN2O2. The number of aromatic hydroxyl groups is 1. The summed E-state index contributed by atoms with van der Waals surface area (Å²) in [7, 11) is 0. The van der Waals surface area contributed by atoms with Crippen LogP contribution in [-0.2, 0) is 6.42 Å². The van der Waals surface area contributed by atoms with E-state index in [-0.39, 0.29) is 17.4 Å². The van der Waals surface area contributed by atoms with Gasteiger partial charge in [0.1, 0.15) is 17.1 Å². The van der Waals surface area contributed by atoms with Gasteiger partial charge >= 0.3 is 0 Å². The van der Waals surface area contributed by atoms with Gasteiger partial charge in [-0.15, -0.1) is 0 Å². The van der Waals surface area contributed by atoms with Gasteiger partial charge in [-0.05, 0) is 30.2 Å². The zero-order valence-electron chi connectivity index (χ0n) is 11.3. The van der Waals surface area contributed by atoms with Gasteiger partial charge < -0.3 is 15.7 Å². The minimum atomic E-state index is -0.725. The molecule has 5 heteroatoms. The molecule has 0 saturated carbocycles. The first-order valence-corrected chi connectivity index (χ1v) is 6.75. The number of phenols is 1. The molecule has 21 heavy (non-hydrogen) atoms. The van der Waals surface area contributed by atoms with Crippen LogP contribution < -0.4 is 10.6 Å². The van der Waals surface area contributed by atoms with Crippen LogP contribution in [0.25, 0.3) is 0 Å². The normalized spacial score (nSPS) is 16.7. The van der Waals surface area contributed by atoms with Gasteiger partial charge in [-0.25, -0.2) is 4.39 Å². The van der Waals surface area contributed by atoms with Crippen LogP contribution in [0, 0.1) is 5.82 Å². The topological polar surface area (TPSA) is 61.4 Å². The first-order chi connectivity index (χ1) is 10.1. The van der Waals surface area contributed by atoms with Gasteiger partial charge in [0, 0.05) is 12.2 Å². The molecule has 1 heterocycles. The van der Waals surface area contributed by atoms with Crippen LogP contribution in [0.15, 0.2) is 42.5 Å². The van der Waals surface area contributed by atoms with Crippen LogP contribution in [0.3, 0.4) is 0 Å². The Hall–Kier alpha value is -2.56. The molecule has 0 fully saturated rings. The Bertz CT molecular complexity index is 667. The average Bonchev–Trinajstić information content (AvgIpc) is 2.47. The number of carbonyl (C=O) groups excluding carboxylic acids is 1. The van der Waals surface area contributed by atoms with Crippen molar-refractivity contribution in [3.8, 4) is 5.75 Å². The molecule has 3 rings (SSSR count). The zero-order valence-corrected chi connectivity index (χ0v) is 11.3. The molecule has 0 saturated heterocycles. The van der Waals surface area contributed by atoms with Gasteiger partial charge in [-0.2, -0.15) is 0 Å². The first-order valence-electron chi connectivity index (χ1n) is 6.75. The molecule has 3 N–H and O–H groups in total. The quantitative estimate of drug-likeness (QED) is 0.794. The van der Waals surface area contributed by atoms with Crippen molar-refractivity contribution in [3.05, 3.63) is 59.4 Å². The maximum atomic E-state index is 13.7. The summed E-state index contributed by atoms with van der Waals surface area (Å²) in [5.41, 5.74) is 1.85. The highest BCUT2D eigenvalue weighted by molar-refractivity contribution is 5.97. The summed E-state index contributed by atoms with van der Waals surface area (Å²) in [6.45, 7) is 0.567. The number of amides is 1. The lowest BCUT2D eigenvalue weighted by Gasteiger charge is -2.27. The number of rotatable bonds is 2. The van der Waals surface area contributed by atoms with E-state index in [1.54, 1.807) is 0 Å². The Kier molecular flexibility index (Phi) is 3.48. The molecule has 1 atom stereocenters. The number of nitrogens with one attached hydrogen (secondary N) is 2. The van der Waals surface area contributed by atoms with Gasteiger partial charge in [-0.3, -0.25) is 4.79 Å². The third-order valence-corrected chi connectivity index (χ3v) is 3.58. The molecule has 108 valence electrons. The van der Waals surface area contributed by atoms with Crippen molar-refractivity contribution >= 4 is 11.6 Å². The minimum absolute atomic E-state index is 0.147. The third-order valence-electron chi connectivity index (χ3n) is 3.58. The van der Waals surface area contributed by atoms with Crippen molar-refractivity contribution in [1.82, 2.24) is 5.32 Å². The second-order valence-electron chi connectivity index (χ2n) is 5.05. The van der Waals surface area contributed by atoms with Crippen LogP contribution in [0.2, 0.25) is 0 Å². The Balaban J connectivity index is 1.75. The number of benzene rings is 2. The Morgan fingerprint density at radius 1 is 1.24 bits per heavy atom. The average molecular weight is 286 g/mol. The summed E-state index contributed by atoms with van der Waals surface area (Å²) in [5, 5.41) is 15.6. The SMILES string of the molecule is O=C(NC1CNc2ccccc2C1)c1c(O)cccc1F. The first kappa shape index (κ1) is 13.4. The van der Waals surface area contributed by atoms with E-state index >= 15 is 0 Å². The summed E-state index contributed by atoms with van der Waals surface area (Å²) < 4.78 is 13.7. The van der Waals surface area contributed by atoms with Crippen LogP contribution >= 0.6 is 0 Å². The molecular weight excluding hydrogens is 271 g/mol. The highest BCUT2D eigenvalue weighted by Crippen LogP contribution is 2.23. The predicted molar refractivity (Wildman–Crippen MR) is 78.0 cm³/mol. The molecule has 2 aromatic carbocycles. The molecule has 1 amide bonds. The molecule has 0 aliphatic carbocycles. The number of halogens is 1. The number of phenolic OH excluding ortho intramolecular Hbond substituents is 1. The third kappa shape index (κ3) is 2.67. The number of hydrogen-bond acceptors (Lipinski definition) is 3. The predicted octanol–water partition coefficient (Wildman–Crippen LogP) is 2.30. The van der Waals surface area contributed by atoms with Crippen molar-refractivity contribution in [2.24, 2.45) is 0 Å². The van der Waals surface area contributed by atoms with Crippen molar-refractivity contribution in [1.29, 1.82) is 0 Å². The van der Waals surface area contributed by atoms with E-state index in [4.69, 9.17) is 0 Å². The minimum Gasteiger partial charge on any atom is -0.507 e.